The molecule has 1 aliphatic rings. The zero-order chi connectivity index (χ0) is 25.4. The van der Waals surface area contributed by atoms with Crippen LogP contribution in [0.2, 0.25) is 10.2 Å². The van der Waals surface area contributed by atoms with Gasteiger partial charge >= 0.3 is 6.09 Å². The van der Waals surface area contributed by atoms with E-state index in [1.807, 2.05) is 57.7 Å². The zero-order valence-electron chi connectivity index (χ0n) is 20.9. The lowest BCUT2D eigenvalue weighted by Gasteiger charge is -2.45. The van der Waals surface area contributed by atoms with Gasteiger partial charge in [0.1, 0.15) is 16.6 Å². The van der Waals surface area contributed by atoms with E-state index in [0.717, 1.165) is 11.1 Å². The van der Waals surface area contributed by atoms with Gasteiger partial charge < -0.3 is 14.5 Å². The van der Waals surface area contributed by atoms with E-state index in [4.69, 9.17) is 33.3 Å². The van der Waals surface area contributed by atoms with E-state index < -0.39 is 5.60 Å². The maximum Gasteiger partial charge on any atom is 0.410 e. The number of hydrogen-bond acceptors (Lipinski definition) is 4. The minimum absolute atomic E-state index is 0.104. The van der Waals surface area contributed by atoms with E-state index in [1.54, 1.807) is 11.0 Å². The summed E-state index contributed by atoms with van der Waals surface area (Å²) >= 11 is 13.3. The van der Waals surface area contributed by atoms with Crippen molar-refractivity contribution < 1.29 is 9.53 Å². The lowest BCUT2D eigenvalue weighted by molar-refractivity contribution is 0.000408. The number of benzene rings is 1. The molecular formula is C26H34Cl2N4O2. The molecule has 1 fully saturated rings. The van der Waals surface area contributed by atoms with Crippen LogP contribution in [0.15, 0.2) is 30.3 Å². The molecule has 2 heterocycles. The molecule has 1 aromatic carbocycles. The second-order valence-corrected chi connectivity index (χ2v) is 11.0. The van der Waals surface area contributed by atoms with Crippen molar-refractivity contribution in [3.05, 3.63) is 51.6 Å². The third-order valence-electron chi connectivity index (χ3n) is 5.92. The fraction of sp³-hybridized carbons (Fsp3) is 0.500. The number of hydrogen-bond donors (Lipinski definition) is 1. The van der Waals surface area contributed by atoms with Gasteiger partial charge in [-0.25, -0.2) is 9.78 Å². The summed E-state index contributed by atoms with van der Waals surface area (Å²) in [7, 11) is 0. The van der Waals surface area contributed by atoms with Gasteiger partial charge in [-0.3, -0.25) is 5.41 Å². The van der Waals surface area contributed by atoms with Crippen molar-refractivity contribution in [1.29, 1.82) is 5.41 Å². The highest BCUT2D eigenvalue weighted by Gasteiger charge is 2.36. The number of carbonyl (C=O) groups excluding carboxylic acids is 1. The van der Waals surface area contributed by atoms with E-state index in [-0.39, 0.29) is 29.2 Å². The first-order valence-electron chi connectivity index (χ1n) is 11.6. The molecule has 34 heavy (non-hydrogen) atoms. The summed E-state index contributed by atoms with van der Waals surface area (Å²) in [6.07, 6.45) is -0.339. The first kappa shape index (κ1) is 26.3. The number of halogens is 2. The minimum Gasteiger partial charge on any atom is -0.444 e. The number of pyridine rings is 1. The molecule has 0 saturated carbocycles. The number of amidine groups is 1. The highest BCUT2D eigenvalue weighted by molar-refractivity contribution is 6.36. The van der Waals surface area contributed by atoms with Gasteiger partial charge in [0.25, 0.3) is 0 Å². The highest BCUT2D eigenvalue weighted by Crippen LogP contribution is 2.35. The van der Waals surface area contributed by atoms with Crippen LogP contribution in [0.3, 0.4) is 0 Å². The van der Waals surface area contributed by atoms with Crippen molar-refractivity contribution in [1.82, 2.24) is 14.8 Å². The summed E-state index contributed by atoms with van der Waals surface area (Å²) in [6, 6.07) is 9.50. The molecule has 0 bridgehead atoms. The van der Waals surface area contributed by atoms with Crippen LogP contribution >= 0.6 is 23.2 Å². The molecule has 1 saturated heterocycles. The summed E-state index contributed by atoms with van der Waals surface area (Å²) < 4.78 is 5.56. The van der Waals surface area contributed by atoms with Crippen molar-refractivity contribution in [3.8, 4) is 11.3 Å². The summed E-state index contributed by atoms with van der Waals surface area (Å²) in [4.78, 5) is 20.9. The van der Waals surface area contributed by atoms with Gasteiger partial charge in [0.15, 0.2) is 0 Å². The normalized spacial score (nSPS) is 18.9. The Morgan fingerprint density at radius 3 is 2.32 bits per heavy atom. The predicted octanol–water partition coefficient (Wildman–Crippen LogP) is 6.83. The number of nitrogens with one attached hydrogen (secondary N) is 1. The molecule has 1 amide bonds. The van der Waals surface area contributed by atoms with Crippen LogP contribution in [0, 0.1) is 5.41 Å². The minimum atomic E-state index is -0.560. The van der Waals surface area contributed by atoms with E-state index in [0.29, 0.717) is 35.3 Å². The maximum atomic E-state index is 12.6. The van der Waals surface area contributed by atoms with Crippen molar-refractivity contribution in [3.63, 3.8) is 0 Å². The third-order valence-corrected chi connectivity index (χ3v) is 6.50. The Morgan fingerprint density at radius 2 is 1.71 bits per heavy atom. The topological polar surface area (TPSA) is 69.5 Å². The average Bonchev–Trinajstić information content (AvgIpc) is 2.74. The van der Waals surface area contributed by atoms with Gasteiger partial charge in [0.2, 0.25) is 0 Å². The Kier molecular flexibility index (Phi) is 7.83. The Hall–Kier alpha value is -2.31. The number of aromatic nitrogens is 1. The SMILES string of the molecule is CC(C)c1ccccc1-c1nc(Cl)c(C(=N)N2C[C@@H](C)N(C(=O)OC(C)(C)C)C[C@@H]2C)cc1Cl. The summed E-state index contributed by atoms with van der Waals surface area (Å²) in [5, 5.41) is 9.58. The van der Waals surface area contributed by atoms with Crippen LogP contribution in [0.4, 0.5) is 4.79 Å². The largest absolute Gasteiger partial charge is 0.444 e. The third kappa shape index (κ3) is 5.66. The maximum absolute atomic E-state index is 12.6. The second-order valence-electron chi connectivity index (χ2n) is 10.2. The number of amides is 1. The van der Waals surface area contributed by atoms with E-state index in [1.165, 1.54) is 0 Å². The lowest BCUT2D eigenvalue weighted by atomic mass is 9.95. The molecule has 0 spiro atoms. The summed E-state index contributed by atoms with van der Waals surface area (Å²) in [5.41, 5.74) is 2.60. The zero-order valence-corrected chi connectivity index (χ0v) is 22.5. The lowest BCUT2D eigenvalue weighted by Crippen LogP contribution is -2.60. The molecule has 3 rings (SSSR count). The number of nitrogens with zero attached hydrogens (tertiary/aromatic N) is 3. The van der Waals surface area contributed by atoms with Gasteiger partial charge in [-0.2, -0.15) is 0 Å². The molecule has 0 unspecified atom stereocenters. The van der Waals surface area contributed by atoms with Crippen molar-refractivity contribution in [2.24, 2.45) is 0 Å². The Bertz CT molecular complexity index is 1080. The molecule has 1 aromatic heterocycles. The molecular weight excluding hydrogens is 471 g/mol. The van der Waals surface area contributed by atoms with Crippen molar-refractivity contribution in [2.45, 2.75) is 72.1 Å². The standard InChI is InChI=1S/C26H34Cl2N4O2/c1-15(2)18-10-8-9-11-19(18)22-21(27)12-20(23(28)30-22)24(29)31-13-17(4)32(14-16(31)3)25(33)34-26(5,6)7/h8-12,15-17,29H,13-14H2,1-7H3/t16-,17+/m0/s1. The molecule has 1 aliphatic heterocycles. The fourth-order valence-electron chi connectivity index (χ4n) is 4.21. The Labute approximate surface area is 212 Å². The van der Waals surface area contributed by atoms with Crippen LogP contribution in [0.25, 0.3) is 11.3 Å². The smallest absolute Gasteiger partial charge is 0.410 e. The molecule has 1 N–H and O–H groups in total. The highest BCUT2D eigenvalue weighted by atomic mass is 35.5. The molecule has 8 heteroatoms. The number of piperazine rings is 1. The predicted molar refractivity (Wildman–Crippen MR) is 139 cm³/mol. The van der Waals surface area contributed by atoms with Crippen LogP contribution in [-0.4, -0.2) is 57.5 Å². The van der Waals surface area contributed by atoms with Crippen molar-refractivity contribution in [2.75, 3.05) is 13.1 Å². The van der Waals surface area contributed by atoms with Gasteiger partial charge in [0, 0.05) is 30.7 Å². The molecule has 6 nitrogen and oxygen atoms in total. The summed E-state index contributed by atoms with van der Waals surface area (Å²) in [6.45, 7) is 14.7. The first-order chi connectivity index (χ1) is 15.8. The van der Waals surface area contributed by atoms with Gasteiger partial charge in [-0.05, 0) is 52.2 Å². The molecule has 2 aromatic rings. The fourth-order valence-corrected chi connectivity index (χ4v) is 4.69. The van der Waals surface area contributed by atoms with E-state index in [2.05, 4.69) is 24.9 Å². The van der Waals surface area contributed by atoms with Crippen LogP contribution in [-0.2, 0) is 4.74 Å². The van der Waals surface area contributed by atoms with E-state index in [9.17, 15) is 4.79 Å². The quantitative estimate of drug-likeness (QED) is 0.282. The Morgan fingerprint density at radius 1 is 1.12 bits per heavy atom. The average molecular weight is 505 g/mol. The van der Waals surface area contributed by atoms with E-state index >= 15 is 0 Å². The van der Waals surface area contributed by atoms with Crippen LogP contribution < -0.4 is 0 Å². The van der Waals surface area contributed by atoms with Gasteiger partial charge in [0.05, 0.1) is 16.3 Å². The molecule has 0 aliphatic carbocycles. The number of ether oxygens (including phenoxy) is 1. The number of rotatable bonds is 3. The molecule has 0 radical (unpaired) electrons. The second kappa shape index (κ2) is 10.1. The molecule has 2 atom stereocenters. The van der Waals surface area contributed by atoms with Gasteiger partial charge in [-0.15, -0.1) is 0 Å². The van der Waals surface area contributed by atoms with Crippen molar-refractivity contribution >= 4 is 35.1 Å². The molecule has 184 valence electrons. The van der Waals surface area contributed by atoms with Crippen LogP contribution in [0.5, 0.6) is 0 Å². The number of carbonyl (C=O) groups is 1. The summed E-state index contributed by atoms with van der Waals surface area (Å²) in [5.74, 6) is 0.542. The monoisotopic (exact) mass is 504 g/mol. The van der Waals surface area contributed by atoms with Crippen LogP contribution in [0.1, 0.15) is 65.5 Å². The van der Waals surface area contributed by atoms with Gasteiger partial charge in [-0.1, -0.05) is 61.3 Å². The first-order valence-corrected chi connectivity index (χ1v) is 12.4. The Balaban J connectivity index is 1.86.